The second-order valence-electron chi connectivity index (χ2n) is 11.5. The Morgan fingerprint density at radius 3 is 0.838 bits per heavy atom. The number of carboxylic acid groups (broad SMARTS) is 1. The van der Waals surface area contributed by atoms with Crippen LogP contribution in [0.15, 0.2) is 0 Å². The number of nitrogens with two attached hydrogens (primary N) is 1. The third-order valence-corrected chi connectivity index (χ3v) is 7.55. The lowest BCUT2D eigenvalue weighted by atomic mass is 10.0. The number of unbranched alkanes of at least 4 members (excludes halogenated alkanes) is 27. The molecule has 0 aromatic rings. The summed E-state index contributed by atoms with van der Waals surface area (Å²) in [7, 11) is 0. The van der Waals surface area contributed by atoms with Gasteiger partial charge in [0.05, 0.1) is 0 Å². The molecule has 0 saturated heterocycles. The molecule has 0 aromatic heterocycles. The summed E-state index contributed by atoms with van der Waals surface area (Å²) in [6, 6.07) is 0. The second-order valence-corrected chi connectivity index (χ2v) is 11.5. The molecule has 3 N–H and O–H groups in total. The average Bonchev–Trinajstić information content (AvgIpc) is 2.89. The summed E-state index contributed by atoms with van der Waals surface area (Å²) in [5.41, 5.74) is 5.48. The van der Waals surface area contributed by atoms with Crippen LogP contribution >= 0.6 is 0 Å². The van der Waals surface area contributed by atoms with Crippen LogP contribution in [0.2, 0.25) is 0 Å². The van der Waals surface area contributed by atoms with Gasteiger partial charge in [0, 0.05) is 6.42 Å². The summed E-state index contributed by atoms with van der Waals surface area (Å²) in [4.78, 5) is 10.3. The van der Waals surface area contributed by atoms with E-state index in [1.165, 1.54) is 173 Å². The molecule has 224 valence electrons. The van der Waals surface area contributed by atoms with Gasteiger partial charge in [-0.15, -0.1) is 0 Å². The van der Waals surface area contributed by atoms with Crippen molar-refractivity contribution in [2.45, 2.75) is 206 Å². The number of hydrogen-bond donors (Lipinski definition) is 2. The molecule has 0 aromatic carbocycles. The van der Waals surface area contributed by atoms with E-state index in [-0.39, 0.29) is 0 Å². The quantitative estimate of drug-likeness (QED) is 0.0916. The molecule has 0 amide bonds. The Balaban J connectivity index is 0. The first-order valence-corrected chi connectivity index (χ1v) is 17.1. The van der Waals surface area contributed by atoms with Crippen molar-refractivity contribution in [3.05, 3.63) is 0 Å². The van der Waals surface area contributed by atoms with E-state index < -0.39 is 5.97 Å². The fraction of sp³-hybridized carbons (Fsp3) is 0.971. The highest BCUT2D eigenvalue weighted by Crippen LogP contribution is 2.14. The van der Waals surface area contributed by atoms with Crippen LogP contribution in [0.4, 0.5) is 0 Å². The summed E-state index contributed by atoms with van der Waals surface area (Å²) in [6.07, 6.45) is 40.1. The summed E-state index contributed by atoms with van der Waals surface area (Å²) in [5.74, 6) is -0.655. The Hall–Kier alpha value is -0.570. The van der Waals surface area contributed by atoms with Crippen molar-refractivity contribution in [2.75, 3.05) is 6.54 Å². The smallest absolute Gasteiger partial charge is 0.303 e. The first kappa shape index (κ1) is 38.6. The molecule has 0 aliphatic rings. The Morgan fingerprint density at radius 1 is 0.405 bits per heavy atom. The molecular weight excluding hydrogens is 454 g/mol. The molecule has 0 fully saturated rings. The van der Waals surface area contributed by atoms with E-state index in [0.29, 0.717) is 6.42 Å². The van der Waals surface area contributed by atoms with Crippen molar-refractivity contribution in [3.8, 4) is 0 Å². The van der Waals surface area contributed by atoms with Gasteiger partial charge >= 0.3 is 5.97 Å². The first-order chi connectivity index (χ1) is 18.2. The van der Waals surface area contributed by atoms with Crippen LogP contribution in [-0.2, 0) is 4.79 Å². The summed E-state index contributed by atoms with van der Waals surface area (Å²) < 4.78 is 0. The minimum Gasteiger partial charge on any atom is -0.481 e. The van der Waals surface area contributed by atoms with Crippen LogP contribution in [0, 0.1) is 0 Å². The lowest BCUT2D eigenvalue weighted by molar-refractivity contribution is -0.137. The van der Waals surface area contributed by atoms with Crippen molar-refractivity contribution >= 4 is 5.97 Å². The summed E-state index contributed by atoms with van der Waals surface area (Å²) in [5, 5.41) is 8.49. The molecule has 3 nitrogen and oxygen atoms in total. The van der Waals surface area contributed by atoms with E-state index >= 15 is 0 Å². The predicted molar refractivity (Wildman–Crippen MR) is 167 cm³/mol. The van der Waals surface area contributed by atoms with Gasteiger partial charge in [-0.3, -0.25) is 4.79 Å². The van der Waals surface area contributed by atoms with Crippen LogP contribution in [0.3, 0.4) is 0 Å². The number of carboxylic acids is 1. The molecule has 0 rings (SSSR count). The molecule has 0 spiro atoms. The number of carbonyl (C=O) groups is 1. The van der Waals surface area contributed by atoms with Crippen molar-refractivity contribution in [1.82, 2.24) is 0 Å². The minimum absolute atomic E-state index is 0.345. The van der Waals surface area contributed by atoms with E-state index in [4.69, 9.17) is 10.8 Å². The molecule has 0 radical (unpaired) electrons. The van der Waals surface area contributed by atoms with Gasteiger partial charge in [0.1, 0.15) is 0 Å². The molecule has 0 aliphatic carbocycles. The van der Waals surface area contributed by atoms with Crippen LogP contribution in [0.1, 0.15) is 206 Å². The van der Waals surface area contributed by atoms with Gasteiger partial charge in [-0.25, -0.2) is 0 Å². The monoisotopic (exact) mass is 526 g/mol. The predicted octanol–water partition coefficient (Wildman–Crippen LogP) is 11.8. The summed E-state index contributed by atoms with van der Waals surface area (Å²) in [6.45, 7) is 5.42. The topological polar surface area (TPSA) is 63.3 Å². The number of hydrogen-bond acceptors (Lipinski definition) is 2. The Morgan fingerprint density at radius 2 is 0.622 bits per heavy atom. The highest BCUT2D eigenvalue weighted by atomic mass is 16.4. The zero-order valence-corrected chi connectivity index (χ0v) is 25.9. The van der Waals surface area contributed by atoms with Crippen LogP contribution < -0.4 is 5.73 Å². The van der Waals surface area contributed by atoms with E-state index in [0.717, 1.165) is 19.4 Å². The highest BCUT2D eigenvalue weighted by molar-refractivity contribution is 5.66. The van der Waals surface area contributed by atoms with Gasteiger partial charge in [-0.2, -0.15) is 0 Å². The average molecular weight is 526 g/mol. The van der Waals surface area contributed by atoms with Crippen molar-refractivity contribution in [3.63, 3.8) is 0 Å². The Kier molecular flexibility index (Phi) is 39.2. The molecule has 0 bridgehead atoms. The molecular formula is C34H71NO2. The fourth-order valence-electron chi connectivity index (χ4n) is 4.99. The van der Waals surface area contributed by atoms with Gasteiger partial charge in [0.2, 0.25) is 0 Å². The maximum atomic E-state index is 10.3. The molecule has 0 aliphatic heterocycles. The summed E-state index contributed by atoms with van der Waals surface area (Å²) >= 11 is 0. The lowest BCUT2D eigenvalue weighted by Gasteiger charge is -2.03. The van der Waals surface area contributed by atoms with Gasteiger partial charge in [-0.1, -0.05) is 187 Å². The van der Waals surface area contributed by atoms with Gasteiger partial charge in [0.25, 0.3) is 0 Å². The molecule has 0 atom stereocenters. The van der Waals surface area contributed by atoms with Gasteiger partial charge in [0.15, 0.2) is 0 Å². The van der Waals surface area contributed by atoms with E-state index in [1.54, 1.807) is 0 Å². The van der Waals surface area contributed by atoms with E-state index in [1.807, 2.05) is 0 Å². The standard InChI is InChI=1S/C18H39N.C16H32O2/c1-2-3-4-5-6-7-8-9-10-11-12-13-14-15-16-17-18-19;1-2-3-4-5-6-7-8-9-10-11-12-13-14-15-16(17)18/h2-19H2,1H3;2-15H2,1H3,(H,17,18). The molecule has 3 heteroatoms. The number of rotatable bonds is 30. The highest BCUT2D eigenvalue weighted by Gasteiger charge is 1.97. The van der Waals surface area contributed by atoms with Crippen LogP contribution in [0.5, 0.6) is 0 Å². The first-order valence-electron chi connectivity index (χ1n) is 17.1. The Labute approximate surface area is 234 Å². The minimum atomic E-state index is -0.655. The largest absolute Gasteiger partial charge is 0.481 e. The zero-order valence-electron chi connectivity index (χ0n) is 25.9. The van der Waals surface area contributed by atoms with Gasteiger partial charge in [-0.05, 0) is 19.4 Å². The third kappa shape index (κ3) is 42.8. The molecule has 0 saturated carbocycles. The molecule has 37 heavy (non-hydrogen) atoms. The third-order valence-electron chi connectivity index (χ3n) is 7.55. The van der Waals surface area contributed by atoms with Crippen molar-refractivity contribution < 1.29 is 9.90 Å². The molecule has 0 heterocycles. The molecule has 0 unspecified atom stereocenters. The Bertz CT molecular complexity index is 383. The van der Waals surface area contributed by atoms with Gasteiger partial charge < -0.3 is 10.8 Å². The number of aliphatic carboxylic acids is 1. The van der Waals surface area contributed by atoms with Crippen LogP contribution in [-0.4, -0.2) is 17.6 Å². The maximum absolute atomic E-state index is 10.3. The normalized spacial score (nSPS) is 10.9. The van der Waals surface area contributed by atoms with E-state index in [9.17, 15) is 4.79 Å². The zero-order chi connectivity index (χ0) is 27.5. The lowest BCUT2D eigenvalue weighted by Crippen LogP contribution is -1.97. The van der Waals surface area contributed by atoms with Crippen molar-refractivity contribution in [2.24, 2.45) is 5.73 Å². The van der Waals surface area contributed by atoms with Crippen molar-refractivity contribution in [1.29, 1.82) is 0 Å². The fourth-order valence-corrected chi connectivity index (χ4v) is 4.99. The maximum Gasteiger partial charge on any atom is 0.303 e. The van der Waals surface area contributed by atoms with Crippen LogP contribution in [0.25, 0.3) is 0 Å². The SMILES string of the molecule is CCCCCCCCCCCCCCCC(=O)O.CCCCCCCCCCCCCCCCCCN. The second kappa shape index (κ2) is 37.6. The van der Waals surface area contributed by atoms with E-state index in [2.05, 4.69) is 13.8 Å².